The minimum Gasteiger partial charge on any atom is -0.350 e. The molecule has 192 valence electrons. The average molecular weight is 514 g/mol. The molecule has 0 unspecified atom stereocenters. The molecule has 2 aromatic carbocycles. The molecule has 1 aliphatic rings. The number of carbonyl (C=O) groups is 1. The van der Waals surface area contributed by atoms with Crippen molar-refractivity contribution in [3.8, 4) is 6.07 Å². The molecule has 4 rings (SSSR count). The van der Waals surface area contributed by atoms with E-state index in [-0.39, 0.29) is 48.7 Å². The van der Waals surface area contributed by atoms with Crippen LogP contribution in [0.15, 0.2) is 47.3 Å². The number of nitrogens with zero attached hydrogens (tertiary/aromatic N) is 5. The number of hydrogen-bond donors (Lipinski definition) is 1. The SMILES string of the molecule is CN(C)n1c(NCc2ccc(C(F)(F)F)cc2)nc2c(c1=O)CN(C(=O)c1ccc(C#N)cc1F)CC2. The predicted octanol–water partition coefficient (Wildman–Crippen LogP) is 3.28. The van der Waals surface area contributed by atoms with Gasteiger partial charge in [-0.05, 0) is 35.9 Å². The van der Waals surface area contributed by atoms with Gasteiger partial charge in [0.1, 0.15) is 5.82 Å². The lowest BCUT2D eigenvalue weighted by molar-refractivity contribution is -0.137. The number of aromatic nitrogens is 2. The Morgan fingerprint density at radius 3 is 2.49 bits per heavy atom. The number of benzene rings is 2. The Kier molecular flexibility index (Phi) is 6.89. The summed E-state index contributed by atoms with van der Waals surface area (Å²) in [5.41, 5.74) is 0.0259. The molecule has 1 aliphatic heterocycles. The molecule has 0 aliphatic carbocycles. The van der Waals surface area contributed by atoms with Crippen molar-refractivity contribution in [2.45, 2.75) is 25.7 Å². The number of amides is 1. The van der Waals surface area contributed by atoms with Crippen molar-refractivity contribution in [3.05, 3.63) is 92.1 Å². The van der Waals surface area contributed by atoms with Gasteiger partial charge in [0.05, 0.1) is 40.6 Å². The zero-order chi connectivity index (χ0) is 26.9. The van der Waals surface area contributed by atoms with Gasteiger partial charge in [-0.2, -0.15) is 23.1 Å². The molecule has 0 spiro atoms. The van der Waals surface area contributed by atoms with E-state index in [1.54, 1.807) is 14.1 Å². The lowest BCUT2D eigenvalue weighted by Gasteiger charge is -2.30. The minimum absolute atomic E-state index is 0.0769. The topological polar surface area (TPSA) is 94.3 Å². The van der Waals surface area contributed by atoms with Gasteiger partial charge in [-0.3, -0.25) is 9.59 Å². The van der Waals surface area contributed by atoms with Crippen LogP contribution in [0, 0.1) is 17.1 Å². The van der Waals surface area contributed by atoms with Gasteiger partial charge in [0, 0.05) is 33.6 Å². The maximum atomic E-state index is 14.4. The van der Waals surface area contributed by atoms with Crippen LogP contribution in [-0.4, -0.2) is 41.1 Å². The molecule has 1 amide bonds. The smallest absolute Gasteiger partial charge is 0.350 e. The predicted molar refractivity (Wildman–Crippen MR) is 127 cm³/mol. The van der Waals surface area contributed by atoms with Crippen molar-refractivity contribution in [1.82, 2.24) is 14.6 Å². The maximum absolute atomic E-state index is 14.4. The summed E-state index contributed by atoms with van der Waals surface area (Å²) in [7, 11) is 3.24. The van der Waals surface area contributed by atoms with Crippen LogP contribution in [0.3, 0.4) is 0 Å². The molecule has 0 saturated carbocycles. The number of anilines is 1. The van der Waals surface area contributed by atoms with Gasteiger partial charge in [0.25, 0.3) is 11.5 Å². The second kappa shape index (κ2) is 9.93. The van der Waals surface area contributed by atoms with Crippen LogP contribution in [0.5, 0.6) is 0 Å². The number of rotatable bonds is 5. The molecular weight excluding hydrogens is 492 g/mol. The van der Waals surface area contributed by atoms with Gasteiger partial charge in [-0.15, -0.1) is 0 Å². The first-order valence-electron chi connectivity index (χ1n) is 11.2. The number of hydrogen-bond acceptors (Lipinski definition) is 6. The number of fused-ring (bicyclic) bond motifs is 1. The largest absolute Gasteiger partial charge is 0.416 e. The van der Waals surface area contributed by atoms with E-state index in [1.807, 2.05) is 6.07 Å². The summed E-state index contributed by atoms with van der Waals surface area (Å²) in [6, 6.07) is 10.1. The second-order valence-electron chi connectivity index (χ2n) is 8.66. The average Bonchev–Trinajstić information content (AvgIpc) is 2.86. The lowest BCUT2D eigenvalue weighted by atomic mass is 10.0. The fourth-order valence-electron chi connectivity index (χ4n) is 4.05. The van der Waals surface area contributed by atoms with Crippen LogP contribution in [0.1, 0.15) is 38.3 Å². The molecule has 3 aromatic rings. The van der Waals surface area contributed by atoms with Crippen LogP contribution >= 0.6 is 0 Å². The Morgan fingerprint density at radius 2 is 1.89 bits per heavy atom. The summed E-state index contributed by atoms with van der Waals surface area (Å²) in [6.45, 7) is 0.244. The maximum Gasteiger partial charge on any atom is 0.416 e. The van der Waals surface area contributed by atoms with Crippen molar-refractivity contribution in [2.75, 3.05) is 31.0 Å². The Labute approximate surface area is 209 Å². The van der Waals surface area contributed by atoms with Crippen molar-refractivity contribution in [1.29, 1.82) is 5.26 Å². The fraction of sp³-hybridized carbons (Fsp3) is 0.280. The molecule has 37 heavy (non-hydrogen) atoms. The standard InChI is InChI=1S/C25H22F4N6O2/c1-33(2)35-23(37)19-14-34(22(36)18-8-5-16(12-30)11-20(18)26)10-9-21(19)32-24(35)31-13-15-3-6-17(7-4-15)25(27,28)29/h3-8,11H,9-10,13-14H2,1-2H3,(H,31,32). The first kappa shape index (κ1) is 25.7. The summed E-state index contributed by atoms with van der Waals surface area (Å²) in [6.07, 6.45) is -4.18. The highest BCUT2D eigenvalue weighted by molar-refractivity contribution is 5.94. The highest BCUT2D eigenvalue weighted by Gasteiger charge is 2.30. The quantitative estimate of drug-likeness (QED) is 0.526. The molecule has 8 nitrogen and oxygen atoms in total. The molecule has 2 heterocycles. The lowest BCUT2D eigenvalue weighted by Crippen LogP contribution is -2.45. The normalized spacial score (nSPS) is 13.1. The van der Waals surface area contributed by atoms with E-state index in [4.69, 9.17) is 5.26 Å². The van der Waals surface area contributed by atoms with Gasteiger partial charge in [0.15, 0.2) is 0 Å². The van der Waals surface area contributed by atoms with Gasteiger partial charge < -0.3 is 15.2 Å². The minimum atomic E-state index is -4.43. The van der Waals surface area contributed by atoms with Gasteiger partial charge in [-0.1, -0.05) is 12.1 Å². The van der Waals surface area contributed by atoms with Crippen LogP contribution in [0.4, 0.5) is 23.5 Å². The van der Waals surface area contributed by atoms with E-state index >= 15 is 0 Å². The van der Waals surface area contributed by atoms with Crippen LogP contribution < -0.4 is 15.9 Å². The van der Waals surface area contributed by atoms with Crippen molar-refractivity contribution < 1.29 is 22.4 Å². The van der Waals surface area contributed by atoms with Gasteiger partial charge >= 0.3 is 6.18 Å². The molecular formula is C25H22F4N6O2. The van der Waals surface area contributed by atoms with Crippen LogP contribution in [-0.2, 0) is 25.7 Å². The van der Waals surface area contributed by atoms with E-state index in [2.05, 4.69) is 10.3 Å². The highest BCUT2D eigenvalue weighted by atomic mass is 19.4. The monoisotopic (exact) mass is 514 g/mol. The van der Waals surface area contributed by atoms with Crippen molar-refractivity contribution in [3.63, 3.8) is 0 Å². The molecule has 0 radical (unpaired) electrons. The number of carbonyl (C=O) groups excluding carboxylic acids is 1. The second-order valence-corrected chi connectivity index (χ2v) is 8.66. The third-order valence-electron chi connectivity index (χ3n) is 5.96. The molecule has 0 atom stereocenters. The summed E-state index contributed by atoms with van der Waals surface area (Å²) < 4.78 is 54.1. The van der Waals surface area contributed by atoms with E-state index in [0.717, 1.165) is 18.2 Å². The number of halogens is 4. The molecule has 0 bridgehead atoms. The Hall–Kier alpha value is -4.40. The summed E-state index contributed by atoms with van der Waals surface area (Å²) in [5.74, 6) is -1.22. The van der Waals surface area contributed by atoms with E-state index in [9.17, 15) is 27.2 Å². The molecule has 12 heteroatoms. The molecule has 1 N–H and O–H groups in total. The molecule has 0 saturated heterocycles. The summed E-state index contributed by atoms with van der Waals surface area (Å²) >= 11 is 0. The van der Waals surface area contributed by atoms with Gasteiger partial charge in [0.2, 0.25) is 5.95 Å². The third kappa shape index (κ3) is 5.25. The first-order valence-corrected chi connectivity index (χ1v) is 11.2. The van der Waals surface area contributed by atoms with E-state index in [1.165, 1.54) is 38.9 Å². The van der Waals surface area contributed by atoms with Crippen molar-refractivity contribution >= 4 is 11.9 Å². The Balaban J connectivity index is 1.58. The zero-order valence-corrected chi connectivity index (χ0v) is 19.9. The third-order valence-corrected chi connectivity index (χ3v) is 5.96. The van der Waals surface area contributed by atoms with E-state index in [0.29, 0.717) is 11.3 Å². The van der Waals surface area contributed by atoms with Crippen LogP contribution in [0.25, 0.3) is 0 Å². The van der Waals surface area contributed by atoms with Crippen molar-refractivity contribution in [2.24, 2.45) is 0 Å². The summed E-state index contributed by atoms with van der Waals surface area (Å²) in [4.78, 5) is 32.2. The first-order chi connectivity index (χ1) is 17.5. The van der Waals surface area contributed by atoms with Crippen LogP contribution in [0.2, 0.25) is 0 Å². The number of nitriles is 1. The number of nitrogens with one attached hydrogen (secondary N) is 1. The summed E-state index contributed by atoms with van der Waals surface area (Å²) in [5, 5.41) is 13.4. The Bertz CT molecular complexity index is 1440. The van der Waals surface area contributed by atoms with E-state index < -0.39 is 29.0 Å². The zero-order valence-electron chi connectivity index (χ0n) is 19.9. The highest BCUT2D eigenvalue weighted by Crippen LogP contribution is 2.29. The molecule has 1 aromatic heterocycles. The fourth-order valence-corrected chi connectivity index (χ4v) is 4.05. The van der Waals surface area contributed by atoms with Gasteiger partial charge in [-0.25, -0.2) is 9.37 Å². The number of alkyl halides is 3. The Morgan fingerprint density at radius 1 is 1.19 bits per heavy atom. The molecule has 0 fully saturated rings.